The second-order valence-electron chi connectivity index (χ2n) is 5.33. The molecule has 0 atom stereocenters. The standard InChI is InChI=1S/C17H28N4O3/c1-5-18-17(20-13-16(22)21(2)3)19-12-14-7-6-8-15(11-14)24-10-9-23-4/h6-8,11H,5,9-10,12-13H2,1-4H3,(H2,18,19,20). The molecule has 0 radical (unpaired) electrons. The zero-order valence-corrected chi connectivity index (χ0v) is 15.0. The SMILES string of the molecule is CCNC(=NCc1cccc(OCCOC)c1)NCC(=O)N(C)C. The van der Waals surface area contributed by atoms with Crippen LogP contribution in [-0.4, -0.2) is 64.3 Å². The van der Waals surface area contributed by atoms with E-state index in [1.54, 1.807) is 21.2 Å². The van der Waals surface area contributed by atoms with Gasteiger partial charge in [0.15, 0.2) is 5.96 Å². The smallest absolute Gasteiger partial charge is 0.241 e. The van der Waals surface area contributed by atoms with E-state index >= 15 is 0 Å². The molecule has 1 amide bonds. The van der Waals surface area contributed by atoms with E-state index in [0.717, 1.165) is 17.9 Å². The minimum Gasteiger partial charge on any atom is -0.491 e. The zero-order chi connectivity index (χ0) is 17.8. The molecule has 134 valence electrons. The first-order chi connectivity index (χ1) is 11.6. The van der Waals surface area contributed by atoms with Crippen molar-refractivity contribution in [3.05, 3.63) is 29.8 Å². The molecule has 0 aliphatic heterocycles. The van der Waals surface area contributed by atoms with E-state index in [2.05, 4.69) is 15.6 Å². The Labute approximate surface area is 144 Å². The Morgan fingerprint density at radius 1 is 1.25 bits per heavy atom. The number of hydrogen-bond donors (Lipinski definition) is 2. The number of carbonyl (C=O) groups excluding carboxylic acids is 1. The first-order valence-corrected chi connectivity index (χ1v) is 7.99. The van der Waals surface area contributed by atoms with Gasteiger partial charge in [0.25, 0.3) is 0 Å². The van der Waals surface area contributed by atoms with Crippen LogP contribution in [0.4, 0.5) is 0 Å². The maximum absolute atomic E-state index is 11.6. The van der Waals surface area contributed by atoms with Gasteiger partial charge in [0.1, 0.15) is 12.4 Å². The van der Waals surface area contributed by atoms with Crippen molar-refractivity contribution in [2.24, 2.45) is 4.99 Å². The molecule has 0 spiro atoms. The van der Waals surface area contributed by atoms with Crippen molar-refractivity contribution in [1.82, 2.24) is 15.5 Å². The number of methoxy groups -OCH3 is 1. The molecule has 0 saturated carbocycles. The van der Waals surface area contributed by atoms with Crippen molar-refractivity contribution in [3.8, 4) is 5.75 Å². The van der Waals surface area contributed by atoms with Crippen molar-refractivity contribution < 1.29 is 14.3 Å². The molecular formula is C17H28N4O3. The van der Waals surface area contributed by atoms with Crippen molar-refractivity contribution in [2.75, 3.05) is 47.5 Å². The van der Waals surface area contributed by atoms with Gasteiger partial charge in [0.05, 0.1) is 19.7 Å². The number of hydrogen-bond acceptors (Lipinski definition) is 4. The molecule has 0 bridgehead atoms. The van der Waals surface area contributed by atoms with Crippen LogP contribution < -0.4 is 15.4 Å². The quantitative estimate of drug-likeness (QED) is 0.397. The predicted molar refractivity (Wildman–Crippen MR) is 95.3 cm³/mol. The maximum atomic E-state index is 11.6. The highest BCUT2D eigenvalue weighted by molar-refractivity contribution is 5.86. The average molecular weight is 336 g/mol. The number of guanidine groups is 1. The third-order valence-corrected chi connectivity index (χ3v) is 3.12. The Hall–Kier alpha value is -2.28. The van der Waals surface area contributed by atoms with E-state index in [0.29, 0.717) is 25.7 Å². The molecule has 0 saturated heterocycles. The molecule has 0 aliphatic carbocycles. The minimum atomic E-state index is -0.00542. The molecule has 1 aromatic carbocycles. The minimum absolute atomic E-state index is 0.00542. The van der Waals surface area contributed by atoms with Crippen molar-refractivity contribution in [1.29, 1.82) is 0 Å². The number of benzene rings is 1. The van der Waals surface area contributed by atoms with Gasteiger partial charge in [-0.2, -0.15) is 0 Å². The van der Waals surface area contributed by atoms with Gasteiger partial charge >= 0.3 is 0 Å². The van der Waals surface area contributed by atoms with Crippen LogP contribution in [0.5, 0.6) is 5.75 Å². The topological polar surface area (TPSA) is 75.2 Å². The lowest BCUT2D eigenvalue weighted by Gasteiger charge is -2.14. The van der Waals surface area contributed by atoms with E-state index in [-0.39, 0.29) is 12.5 Å². The summed E-state index contributed by atoms with van der Waals surface area (Å²) in [6, 6.07) is 7.78. The molecule has 0 fully saturated rings. The lowest BCUT2D eigenvalue weighted by atomic mass is 10.2. The maximum Gasteiger partial charge on any atom is 0.241 e. The summed E-state index contributed by atoms with van der Waals surface area (Å²) in [6.45, 7) is 4.47. The van der Waals surface area contributed by atoms with Gasteiger partial charge in [-0.05, 0) is 24.6 Å². The summed E-state index contributed by atoms with van der Waals surface area (Å²) in [6.07, 6.45) is 0. The lowest BCUT2D eigenvalue weighted by Crippen LogP contribution is -2.42. The van der Waals surface area contributed by atoms with Crippen LogP contribution in [0.1, 0.15) is 12.5 Å². The van der Waals surface area contributed by atoms with E-state index in [1.165, 1.54) is 4.90 Å². The van der Waals surface area contributed by atoms with Crippen LogP contribution in [0, 0.1) is 0 Å². The van der Waals surface area contributed by atoms with Gasteiger partial charge in [0, 0.05) is 27.7 Å². The fraction of sp³-hybridized carbons (Fsp3) is 0.529. The summed E-state index contributed by atoms with van der Waals surface area (Å²) in [5, 5.41) is 6.15. The molecule has 0 unspecified atom stereocenters. The van der Waals surface area contributed by atoms with Crippen molar-refractivity contribution >= 4 is 11.9 Å². The number of carbonyl (C=O) groups is 1. The van der Waals surface area contributed by atoms with Gasteiger partial charge in [0.2, 0.25) is 5.91 Å². The van der Waals surface area contributed by atoms with Crippen molar-refractivity contribution in [3.63, 3.8) is 0 Å². The summed E-state index contributed by atoms with van der Waals surface area (Å²) < 4.78 is 10.6. The van der Waals surface area contributed by atoms with Crippen LogP contribution >= 0.6 is 0 Å². The number of ether oxygens (including phenoxy) is 2. The van der Waals surface area contributed by atoms with Crippen LogP contribution in [0.25, 0.3) is 0 Å². The predicted octanol–water partition coefficient (Wildman–Crippen LogP) is 0.855. The van der Waals surface area contributed by atoms with Gasteiger partial charge in [-0.3, -0.25) is 4.79 Å². The summed E-state index contributed by atoms with van der Waals surface area (Å²) in [5.41, 5.74) is 1.03. The highest BCUT2D eigenvalue weighted by Gasteiger charge is 2.05. The first kappa shape index (κ1) is 19.8. The molecule has 0 heterocycles. The van der Waals surface area contributed by atoms with Crippen LogP contribution in [0.15, 0.2) is 29.3 Å². The van der Waals surface area contributed by atoms with Crippen LogP contribution in [-0.2, 0) is 16.1 Å². The third-order valence-electron chi connectivity index (χ3n) is 3.12. The molecule has 0 aromatic heterocycles. The van der Waals surface area contributed by atoms with E-state index in [9.17, 15) is 4.79 Å². The Morgan fingerprint density at radius 3 is 2.71 bits per heavy atom. The molecule has 7 heteroatoms. The number of likely N-dealkylation sites (N-methyl/N-ethyl adjacent to an activating group) is 1. The van der Waals surface area contributed by atoms with Crippen LogP contribution in [0.2, 0.25) is 0 Å². The van der Waals surface area contributed by atoms with E-state index in [4.69, 9.17) is 9.47 Å². The summed E-state index contributed by atoms with van der Waals surface area (Å²) in [4.78, 5) is 17.7. The van der Waals surface area contributed by atoms with E-state index in [1.807, 2.05) is 31.2 Å². The molecule has 2 N–H and O–H groups in total. The van der Waals surface area contributed by atoms with Crippen molar-refractivity contribution in [2.45, 2.75) is 13.5 Å². The number of amides is 1. The lowest BCUT2D eigenvalue weighted by molar-refractivity contribution is -0.127. The molecule has 7 nitrogen and oxygen atoms in total. The molecule has 1 aromatic rings. The second-order valence-corrected chi connectivity index (χ2v) is 5.33. The first-order valence-electron chi connectivity index (χ1n) is 7.99. The molecule has 24 heavy (non-hydrogen) atoms. The Kier molecular flexibility index (Phi) is 9.29. The Bertz CT molecular complexity index is 532. The molecule has 0 aliphatic rings. The van der Waals surface area contributed by atoms with Gasteiger partial charge in [-0.15, -0.1) is 0 Å². The highest BCUT2D eigenvalue weighted by Crippen LogP contribution is 2.14. The normalized spacial score (nSPS) is 11.1. The monoisotopic (exact) mass is 336 g/mol. The summed E-state index contributed by atoms with van der Waals surface area (Å²) in [7, 11) is 5.09. The Balaban J connectivity index is 2.61. The zero-order valence-electron chi connectivity index (χ0n) is 15.0. The molecule has 1 rings (SSSR count). The second kappa shape index (κ2) is 11.3. The largest absolute Gasteiger partial charge is 0.491 e. The Morgan fingerprint density at radius 2 is 2.04 bits per heavy atom. The number of nitrogens with zero attached hydrogens (tertiary/aromatic N) is 2. The third kappa shape index (κ3) is 7.82. The fourth-order valence-corrected chi connectivity index (χ4v) is 1.81. The highest BCUT2D eigenvalue weighted by atomic mass is 16.5. The summed E-state index contributed by atoms with van der Waals surface area (Å²) >= 11 is 0. The molecular weight excluding hydrogens is 308 g/mol. The average Bonchev–Trinajstić information content (AvgIpc) is 2.57. The van der Waals surface area contributed by atoms with Gasteiger partial charge < -0.3 is 25.0 Å². The summed E-state index contributed by atoms with van der Waals surface area (Å²) in [5.74, 6) is 1.40. The van der Waals surface area contributed by atoms with Gasteiger partial charge in [-0.25, -0.2) is 4.99 Å². The fourth-order valence-electron chi connectivity index (χ4n) is 1.81. The van der Waals surface area contributed by atoms with Crippen LogP contribution in [0.3, 0.4) is 0 Å². The number of nitrogens with one attached hydrogen (secondary N) is 2. The van der Waals surface area contributed by atoms with E-state index < -0.39 is 0 Å². The number of rotatable bonds is 9. The van der Waals surface area contributed by atoms with Gasteiger partial charge in [-0.1, -0.05) is 12.1 Å². The number of aliphatic imine (C=N–C) groups is 1.